The Morgan fingerprint density at radius 2 is 1.94 bits per heavy atom. The predicted octanol–water partition coefficient (Wildman–Crippen LogP) is 1.82. The molecule has 0 unspecified atom stereocenters. The third kappa shape index (κ3) is 2.64. The topological polar surface area (TPSA) is 40.6 Å². The Bertz CT molecular complexity index is 468. The highest BCUT2D eigenvalue weighted by Gasteiger charge is 2.20. The van der Waals surface area contributed by atoms with Crippen molar-refractivity contribution in [3.63, 3.8) is 0 Å². The number of benzene rings is 1. The van der Waals surface area contributed by atoms with Crippen molar-refractivity contribution in [1.29, 1.82) is 0 Å². The molecule has 5 heteroatoms. The summed E-state index contributed by atoms with van der Waals surface area (Å²) in [6.45, 7) is 4.53. The summed E-state index contributed by atoms with van der Waals surface area (Å²) in [6.07, 6.45) is 0.781. The lowest BCUT2D eigenvalue weighted by Gasteiger charge is -2.36. The van der Waals surface area contributed by atoms with Crippen molar-refractivity contribution in [3.8, 4) is 0 Å². The quantitative estimate of drug-likeness (QED) is 0.767. The Morgan fingerprint density at radius 1 is 1.28 bits per heavy atom. The van der Waals surface area contributed by atoms with Gasteiger partial charge in [0.2, 0.25) is 5.91 Å². The van der Waals surface area contributed by atoms with Gasteiger partial charge >= 0.3 is 0 Å². The fourth-order valence-electron chi connectivity index (χ4n) is 2.12. The number of nitrogens with zero attached hydrogens (tertiary/aromatic N) is 2. The minimum Gasteiger partial charge on any atom is -0.367 e. The molecule has 0 radical (unpaired) electrons. The number of halogens is 1. The Kier molecular flexibility index (Phi) is 3.87. The number of carbonyl (C=O) groups is 2. The van der Waals surface area contributed by atoms with E-state index in [0.29, 0.717) is 23.7 Å². The first kappa shape index (κ1) is 12.9. The fourth-order valence-corrected chi connectivity index (χ4v) is 2.42. The van der Waals surface area contributed by atoms with Crippen molar-refractivity contribution >= 4 is 29.5 Å². The molecule has 1 aromatic rings. The number of hydrogen-bond acceptors (Lipinski definition) is 3. The van der Waals surface area contributed by atoms with Gasteiger partial charge in [0.15, 0.2) is 0 Å². The monoisotopic (exact) mass is 266 g/mol. The van der Waals surface area contributed by atoms with Gasteiger partial charge in [0.1, 0.15) is 6.29 Å². The Labute approximate surface area is 111 Å². The summed E-state index contributed by atoms with van der Waals surface area (Å²) in [5.74, 6) is 0.108. The molecule has 96 valence electrons. The number of carbonyl (C=O) groups excluding carboxylic acids is 2. The van der Waals surface area contributed by atoms with Gasteiger partial charge in [-0.15, -0.1) is 0 Å². The van der Waals surface area contributed by atoms with Crippen LogP contribution in [0.5, 0.6) is 0 Å². The van der Waals surface area contributed by atoms with Gasteiger partial charge in [-0.1, -0.05) is 11.6 Å². The smallest absolute Gasteiger partial charge is 0.219 e. The fraction of sp³-hybridized carbons (Fsp3) is 0.385. The molecule has 0 spiro atoms. The van der Waals surface area contributed by atoms with Crippen LogP contribution in [-0.2, 0) is 4.79 Å². The summed E-state index contributed by atoms with van der Waals surface area (Å²) in [5, 5.41) is 0.580. The maximum Gasteiger partial charge on any atom is 0.219 e. The molecule has 1 amide bonds. The summed E-state index contributed by atoms with van der Waals surface area (Å²) in [5.41, 5.74) is 1.50. The molecule has 4 nitrogen and oxygen atoms in total. The lowest BCUT2D eigenvalue weighted by molar-refractivity contribution is -0.129. The van der Waals surface area contributed by atoms with Crippen molar-refractivity contribution in [3.05, 3.63) is 28.8 Å². The second kappa shape index (κ2) is 5.40. The molecule has 18 heavy (non-hydrogen) atoms. The molecule has 1 heterocycles. The minimum atomic E-state index is 0.108. The molecule has 0 aromatic heterocycles. The molecule has 0 bridgehead atoms. The summed E-state index contributed by atoms with van der Waals surface area (Å²) in [4.78, 5) is 25.8. The van der Waals surface area contributed by atoms with Crippen LogP contribution in [0.25, 0.3) is 0 Å². The maximum absolute atomic E-state index is 11.2. The zero-order valence-corrected chi connectivity index (χ0v) is 11.0. The Hall–Kier alpha value is -1.55. The molecule has 2 rings (SSSR count). The van der Waals surface area contributed by atoms with E-state index in [1.807, 2.05) is 11.0 Å². The van der Waals surface area contributed by atoms with Crippen LogP contribution in [0.4, 0.5) is 5.69 Å². The Morgan fingerprint density at radius 3 is 2.44 bits per heavy atom. The van der Waals surface area contributed by atoms with Gasteiger partial charge in [0.05, 0.1) is 10.7 Å². The summed E-state index contributed by atoms with van der Waals surface area (Å²) in [7, 11) is 0. The van der Waals surface area contributed by atoms with Gasteiger partial charge in [-0.3, -0.25) is 9.59 Å². The molecular weight excluding hydrogens is 252 g/mol. The van der Waals surface area contributed by atoms with Crippen molar-refractivity contribution in [2.24, 2.45) is 0 Å². The number of piperazine rings is 1. The first-order chi connectivity index (χ1) is 8.61. The third-order valence-electron chi connectivity index (χ3n) is 3.17. The molecule has 1 aliphatic heterocycles. The normalized spacial score (nSPS) is 15.7. The summed E-state index contributed by atoms with van der Waals surface area (Å²) in [6, 6.07) is 5.28. The van der Waals surface area contributed by atoms with E-state index in [2.05, 4.69) is 4.90 Å². The highest BCUT2D eigenvalue weighted by molar-refractivity contribution is 6.33. The SMILES string of the molecule is CC(=O)N1CCN(c2ccc(C=O)cc2Cl)CC1. The lowest BCUT2D eigenvalue weighted by atomic mass is 10.2. The van der Waals surface area contributed by atoms with Crippen LogP contribution < -0.4 is 4.90 Å². The number of amides is 1. The van der Waals surface area contributed by atoms with Crippen LogP contribution in [0.1, 0.15) is 17.3 Å². The highest BCUT2D eigenvalue weighted by atomic mass is 35.5. The molecule has 0 N–H and O–H groups in total. The lowest BCUT2D eigenvalue weighted by Crippen LogP contribution is -2.48. The zero-order chi connectivity index (χ0) is 13.1. The molecule has 1 fully saturated rings. The predicted molar refractivity (Wildman–Crippen MR) is 71.3 cm³/mol. The summed E-state index contributed by atoms with van der Waals surface area (Å²) < 4.78 is 0. The number of anilines is 1. The van der Waals surface area contributed by atoms with Gasteiger partial charge in [-0.25, -0.2) is 0 Å². The molecule has 0 aliphatic carbocycles. The van der Waals surface area contributed by atoms with Gasteiger partial charge in [0.25, 0.3) is 0 Å². The third-order valence-corrected chi connectivity index (χ3v) is 3.48. The van der Waals surface area contributed by atoms with E-state index in [1.165, 1.54) is 0 Å². The van der Waals surface area contributed by atoms with Crippen LogP contribution in [0.15, 0.2) is 18.2 Å². The first-order valence-electron chi connectivity index (χ1n) is 5.87. The van der Waals surface area contributed by atoms with Gasteiger partial charge in [-0.2, -0.15) is 0 Å². The van der Waals surface area contributed by atoms with Crippen LogP contribution in [0.3, 0.4) is 0 Å². The van der Waals surface area contributed by atoms with Crippen molar-refractivity contribution in [2.75, 3.05) is 31.1 Å². The van der Waals surface area contributed by atoms with Crippen LogP contribution in [0.2, 0.25) is 5.02 Å². The minimum absolute atomic E-state index is 0.108. The van der Waals surface area contributed by atoms with Crippen molar-refractivity contribution in [2.45, 2.75) is 6.92 Å². The van der Waals surface area contributed by atoms with Crippen molar-refractivity contribution in [1.82, 2.24) is 4.90 Å². The molecule has 1 saturated heterocycles. The van der Waals surface area contributed by atoms with Gasteiger partial charge < -0.3 is 9.80 Å². The maximum atomic E-state index is 11.2. The second-order valence-electron chi connectivity index (χ2n) is 4.32. The van der Waals surface area contributed by atoms with E-state index >= 15 is 0 Å². The molecular formula is C13H15ClN2O2. The summed E-state index contributed by atoms with van der Waals surface area (Å²) >= 11 is 6.16. The standard InChI is InChI=1S/C13H15ClN2O2/c1-10(18)15-4-6-16(7-5-15)13-3-2-11(9-17)8-12(13)14/h2-3,8-9H,4-7H2,1H3. The molecule has 0 atom stereocenters. The largest absolute Gasteiger partial charge is 0.367 e. The highest BCUT2D eigenvalue weighted by Crippen LogP contribution is 2.27. The number of rotatable bonds is 2. The zero-order valence-electron chi connectivity index (χ0n) is 10.2. The van der Waals surface area contributed by atoms with Gasteiger partial charge in [-0.05, 0) is 18.2 Å². The average molecular weight is 267 g/mol. The Balaban J connectivity index is 2.10. The van der Waals surface area contributed by atoms with Crippen LogP contribution in [-0.4, -0.2) is 43.3 Å². The first-order valence-corrected chi connectivity index (χ1v) is 6.25. The number of hydrogen-bond donors (Lipinski definition) is 0. The van der Waals surface area contributed by atoms with Crippen LogP contribution in [0, 0.1) is 0 Å². The van der Waals surface area contributed by atoms with E-state index in [1.54, 1.807) is 19.1 Å². The van der Waals surface area contributed by atoms with E-state index in [4.69, 9.17) is 11.6 Å². The van der Waals surface area contributed by atoms with E-state index < -0.39 is 0 Å². The van der Waals surface area contributed by atoms with Crippen molar-refractivity contribution < 1.29 is 9.59 Å². The van der Waals surface area contributed by atoms with Crippen LogP contribution >= 0.6 is 11.6 Å². The molecule has 0 saturated carbocycles. The second-order valence-corrected chi connectivity index (χ2v) is 4.73. The molecule has 1 aliphatic rings. The van der Waals surface area contributed by atoms with Gasteiger partial charge in [0, 0.05) is 38.7 Å². The van der Waals surface area contributed by atoms with E-state index in [0.717, 1.165) is 25.1 Å². The average Bonchev–Trinajstić information content (AvgIpc) is 2.38. The van der Waals surface area contributed by atoms with E-state index in [9.17, 15) is 9.59 Å². The molecule has 1 aromatic carbocycles. The van der Waals surface area contributed by atoms with E-state index in [-0.39, 0.29) is 5.91 Å². The number of aldehydes is 1.